The number of carbonyl (C=O) groups is 1. The molecule has 0 aliphatic heterocycles. The van der Waals surface area contributed by atoms with Gasteiger partial charge in [0.05, 0.1) is 17.3 Å². The number of hydrogen-bond acceptors (Lipinski definition) is 6. The highest BCUT2D eigenvalue weighted by atomic mass is 79.9. The number of methoxy groups -OCH3 is 1. The van der Waals surface area contributed by atoms with Gasteiger partial charge < -0.3 is 14.8 Å². The van der Waals surface area contributed by atoms with Gasteiger partial charge in [-0.25, -0.2) is 4.79 Å². The highest BCUT2D eigenvalue weighted by Crippen LogP contribution is 2.35. The Bertz CT molecular complexity index is 1840. The molecule has 0 spiro atoms. The number of aromatic amines is 1. The molecule has 4 aromatic carbocycles. The lowest BCUT2D eigenvalue weighted by molar-refractivity contribution is 0.0944. The number of carbonyl (C=O) groups excluding carboxylic acids is 1. The Labute approximate surface area is 262 Å². The maximum absolute atomic E-state index is 13.1. The van der Waals surface area contributed by atoms with Crippen LogP contribution in [0, 0.1) is 13.8 Å². The fraction of sp³-hybridized carbons (Fsp3) is 0.176. The van der Waals surface area contributed by atoms with E-state index in [1.165, 1.54) is 0 Å². The fourth-order valence-electron chi connectivity index (χ4n) is 5.07. The molecule has 5 rings (SSSR count). The lowest BCUT2D eigenvalue weighted by atomic mass is 9.88. The van der Waals surface area contributed by atoms with Crippen LogP contribution in [0.15, 0.2) is 105 Å². The van der Waals surface area contributed by atoms with E-state index in [0.717, 1.165) is 31.4 Å². The minimum atomic E-state index is -0.857. The molecule has 5 aromatic rings. The molecule has 224 valence electrons. The third-order valence-electron chi connectivity index (χ3n) is 7.20. The molecule has 0 saturated carbocycles. The Kier molecular flexibility index (Phi) is 9.40. The van der Waals surface area contributed by atoms with Crippen LogP contribution in [0.4, 0.5) is 0 Å². The maximum atomic E-state index is 13.1. The van der Waals surface area contributed by atoms with Crippen LogP contribution in [0.3, 0.4) is 0 Å². The maximum Gasteiger partial charge on any atom is 0.349 e. The van der Waals surface area contributed by atoms with E-state index in [9.17, 15) is 14.4 Å². The molecule has 0 atom stereocenters. The molecule has 1 aromatic heterocycles. The summed E-state index contributed by atoms with van der Waals surface area (Å²) < 4.78 is 13.2. The van der Waals surface area contributed by atoms with Gasteiger partial charge in [0.15, 0.2) is 0 Å². The molecule has 0 radical (unpaired) electrons. The largest absolute Gasteiger partial charge is 0.496 e. The minimum absolute atomic E-state index is 0.0450. The quantitative estimate of drug-likeness (QED) is 0.189. The number of nitrogens with one attached hydrogen (secondary N) is 2. The van der Waals surface area contributed by atoms with Gasteiger partial charge in [0.25, 0.3) is 11.5 Å². The smallest absolute Gasteiger partial charge is 0.349 e. The number of aromatic nitrogens is 3. The van der Waals surface area contributed by atoms with Gasteiger partial charge >= 0.3 is 5.69 Å². The van der Waals surface area contributed by atoms with Crippen molar-refractivity contribution < 1.29 is 14.3 Å². The summed E-state index contributed by atoms with van der Waals surface area (Å²) in [5.41, 5.74) is 2.06. The van der Waals surface area contributed by atoms with E-state index in [1.807, 2.05) is 50.2 Å². The predicted molar refractivity (Wildman–Crippen MR) is 172 cm³/mol. The topological polar surface area (TPSA) is 115 Å². The highest BCUT2D eigenvalue weighted by Gasteiger charge is 2.19. The Morgan fingerprint density at radius 1 is 0.932 bits per heavy atom. The van der Waals surface area contributed by atoms with Crippen LogP contribution in [-0.2, 0) is 0 Å². The summed E-state index contributed by atoms with van der Waals surface area (Å²) in [4.78, 5) is 40.8. The molecule has 0 fully saturated rings. The molecule has 1 amide bonds. The molecular weight excluding hydrogens is 624 g/mol. The predicted octanol–water partition coefficient (Wildman–Crippen LogP) is 6.05. The molecular formula is C34H31BrN4O5. The molecule has 10 heteroatoms. The SMILES string of the molecule is COc1ccc(Oc2c(C)cc(-n3nc(C(=O)NCCC(c4ccccc4)c4ccccc4)c(=O)[nH]c3=O)cc2C)cc1Br. The van der Waals surface area contributed by atoms with Crippen LogP contribution in [0.25, 0.3) is 5.69 Å². The molecule has 0 unspecified atom stereocenters. The van der Waals surface area contributed by atoms with Crippen LogP contribution < -0.4 is 26.0 Å². The average molecular weight is 656 g/mol. The van der Waals surface area contributed by atoms with Gasteiger partial charge in [0.1, 0.15) is 17.2 Å². The van der Waals surface area contributed by atoms with E-state index in [2.05, 4.69) is 55.6 Å². The van der Waals surface area contributed by atoms with E-state index >= 15 is 0 Å². The lowest BCUT2D eigenvalue weighted by Crippen LogP contribution is -2.39. The average Bonchev–Trinajstić information content (AvgIpc) is 3.02. The number of amides is 1. The molecule has 0 saturated heterocycles. The molecule has 44 heavy (non-hydrogen) atoms. The van der Waals surface area contributed by atoms with Gasteiger partial charge in [0.2, 0.25) is 5.69 Å². The first kappa shape index (κ1) is 30.5. The van der Waals surface area contributed by atoms with Crippen LogP contribution in [0.1, 0.15) is 45.1 Å². The monoisotopic (exact) mass is 654 g/mol. The summed E-state index contributed by atoms with van der Waals surface area (Å²) in [5, 5.41) is 6.98. The van der Waals surface area contributed by atoms with Crippen molar-refractivity contribution in [1.82, 2.24) is 20.1 Å². The number of aryl methyl sites for hydroxylation is 2. The normalized spacial score (nSPS) is 10.9. The Hall–Kier alpha value is -4.96. The Morgan fingerprint density at radius 3 is 2.11 bits per heavy atom. The number of benzene rings is 4. The molecule has 0 aliphatic carbocycles. The van der Waals surface area contributed by atoms with Crippen molar-refractivity contribution in [3.05, 3.63) is 144 Å². The van der Waals surface area contributed by atoms with E-state index in [4.69, 9.17) is 9.47 Å². The summed E-state index contributed by atoms with van der Waals surface area (Å²) in [5.74, 6) is 1.25. The number of halogens is 1. The van der Waals surface area contributed by atoms with Crippen LogP contribution in [-0.4, -0.2) is 34.3 Å². The fourth-order valence-corrected chi connectivity index (χ4v) is 5.59. The zero-order valence-corrected chi connectivity index (χ0v) is 26.1. The van der Waals surface area contributed by atoms with Crippen molar-refractivity contribution >= 4 is 21.8 Å². The number of H-pyrrole nitrogens is 1. The minimum Gasteiger partial charge on any atom is -0.496 e. The molecule has 0 bridgehead atoms. The van der Waals surface area contributed by atoms with Crippen LogP contribution >= 0.6 is 15.9 Å². The first-order valence-corrected chi connectivity index (χ1v) is 14.8. The summed E-state index contributed by atoms with van der Waals surface area (Å²) >= 11 is 3.46. The summed E-state index contributed by atoms with van der Waals surface area (Å²) in [6.45, 7) is 3.97. The Balaban J connectivity index is 1.35. The second kappa shape index (κ2) is 13.6. The van der Waals surface area contributed by atoms with E-state index in [-0.39, 0.29) is 5.92 Å². The lowest BCUT2D eigenvalue weighted by Gasteiger charge is -2.18. The Morgan fingerprint density at radius 2 is 1.55 bits per heavy atom. The van der Waals surface area contributed by atoms with Crippen molar-refractivity contribution in [1.29, 1.82) is 0 Å². The van der Waals surface area contributed by atoms with Gasteiger partial charge in [-0.2, -0.15) is 9.78 Å². The first-order chi connectivity index (χ1) is 21.2. The van der Waals surface area contributed by atoms with Gasteiger partial charge in [0, 0.05) is 12.5 Å². The summed E-state index contributed by atoms with van der Waals surface area (Å²) in [6.07, 6.45) is 0.599. The standard InChI is InChI=1S/C34H31BrN4O5/c1-21-18-25(19-22(2)31(21)44-26-14-15-29(43-3)28(35)20-26)39-34(42)37-33(41)30(38-39)32(40)36-17-16-27(23-10-6-4-7-11-23)24-12-8-5-9-13-24/h4-15,18-20,27H,16-17H2,1-3H3,(H,36,40)(H,37,41,42). The van der Waals surface area contributed by atoms with Crippen LogP contribution in [0.5, 0.6) is 17.2 Å². The van der Waals surface area contributed by atoms with Crippen LogP contribution in [0.2, 0.25) is 0 Å². The van der Waals surface area contributed by atoms with Gasteiger partial charge in [-0.1, -0.05) is 60.7 Å². The summed E-state index contributed by atoms with van der Waals surface area (Å²) in [6, 6.07) is 28.9. The molecule has 9 nitrogen and oxygen atoms in total. The highest BCUT2D eigenvalue weighted by molar-refractivity contribution is 9.10. The molecule has 1 heterocycles. The number of ether oxygens (including phenoxy) is 2. The zero-order valence-electron chi connectivity index (χ0n) is 24.5. The zero-order chi connectivity index (χ0) is 31.2. The van der Waals surface area contributed by atoms with Gasteiger partial charge in [-0.3, -0.25) is 14.6 Å². The third kappa shape index (κ3) is 6.81. The van der Waals surface area contributed by atoms with Gasteiger partial charge in [-0.05, 0) is 88.8 Å². The number of nitrogens with zero attached hydrogens (tertiary/aromatic N) is 2. The third-order valence-corrected chi connectivity index (χ3v) is 7.82. The van der Waals surface area contributed by atoms with E-state index in [1.54, 1.807) is 37.4 Å². The van der Waals surface area contributed by atoms with E-state index < -0.39 is 22.9 Å². The summed E-state index contributed by atoms with van der Waals surface area (Å²) in [7, 11) is 1.59. The van der Waals surface area contributed by atoms with Crippen molar-refractivity contribution in [3.63, 3.8) is 0 Å². The van der Waals surface area contributed by atoms with Crippen molar-refractivity contribution in [2.24, 2.45) is 0 Å². The van der Waals surface area contributed by atoms with Crippen molar-refractivity contribution in [2.45, 2.75) is 26.2 Å². The number of rotatable bonds is 10. The van der Waals surface area contributed by atoms with Crippen molar-refractivity contribution in [2.75, 3.05) is 13.7 Å². The van der Waals surface area contributed by atoms with Gasteiger partial charge in [-0.15, -0.1) is 0 Å². The first-order valence-electron chi connectivity index (χ1n) is 14.0. The number of hydrogen-bond donors (Lipinski definition) is 2. The van der Waals surface area contributed by atoms with Crippen molar-refractivity contribution in [3.8, 4) is 22.9 Å². The molecule has 2 N–H and O–H groups in total. The van der Waals surface area contributed by atoms with E-state index in [0.29, 0.717) is 35.9 Å². The molecule has 0 aliphatic rings. The second-order valence-corrected chi connectivity index (χ2v) is 11.1. The second-order valence-electron chi connectivity index (χ2n) is 10.2.